The van der Waals surface area contributed by atoms with Gasteiger partial charge in [0.15, 0.2) is 15.6 Å². The van der Waals surface area contributed by atoms with Gasteiger partial charge in [0.05, 0.1) is 11.4 Å². The zero-order valence-electron chi connectivity index (χ0n) is 15.7. The van der Waals surface area contributed by atoms with Gasteiger partial charge in [-0.15, -0.1) is 0 Å². The van der Waals surface area contributed by atoms with Crippen LogP contribution in [0.3, 0.4) is 0 Å². The number of sulfone groups is 1. The van der Waals surface area contributed by atoms with Crippen LogP contribution in [0.1, 0.15) is 22.8 Å². The van der Waals surface area contributed by atoms with Crippen molar-refractivity contribution in [2.75, 3.05) is 17.7 Å². The van der Waals surface area contributed by atoms with Crippen LogP contribution in [-0.2, 0) is 14.6 Å². The Morgan fingerprint density at radius 1 is 1.00 bits per heavy atom. The molecule has 8 heteroatoms. The normalized spacial score (nSPS) is 17.3. The molecule has 146 valence electrons. The number of nitrogens with zero attached hydrogens (tertiary/aromatic N) is 2. The van der Waals surface area contributed by atoms with Crippen molar-refractivity contribution in [1.82, 2.24) is 4.90 Å². The predicted octanol–water partition coefficient (Wildman–Crippen LogP) is 2.44. The van der Waals surface area contributed by atoms with Crippen LogP contribution in [-0.4, -0.2) is 49.9 Å². The highest BCUT2D eigenvalue weighted by Crippen LogP contribution is 2.26. The maximum Gasteiger partial charge on any atom is 0.332 e. The molecule has 7 nitrogen and oxygen atoms in total. The van der Waals surface area contributed by atoms with Crippen LogP contribution in [0.5, 0.6) is 0 Å². The van der Waals surface area contributed by atoms with E-state index >= 15 is 0 Å². The second-order valence-electron chi connectivity index (χ2n) is 6.81. The summed E-state index contributed by atoms with van der Waals surface area (Å²) >= 11 is 0. The van der Waals surface area contributed by atoms with E-state index in [2.05, 4.69) is 0 Å². The van der Waals surface area contributed by atoms with Crippen molar-refractivity contribution >= 4 is 33.2 Å². The smallest absolute Gasteiger partial charge is 0.292 e. The molecule has 0 bridgehead atoms. The average Bonchev–Trinajstić information content (AvgIpc) is 2.85. The number of ketones is 1. The minimum Gasteiger partial charge on any atom is -0.292 e. The summed E-state index contributed by atoms with van der Waals surface area (Å²) in [5, 5.41) is 0. The molecule has 0 unspecified atom stereocenters. The molecule has 2 aromatic carbocycles. The van der Waals surface area contributed by atoms with Gasteiger partial charge in [-0.1, -0.05) is 29.8 Å². The lowest BCUT2D eigenvalue weighted by molar-refractivity contribution is -0.126. The summed E-state index contributed by atoms with van der Waals surface area (Å²) in [5.41, 5.74) is 1.84. The summed E-state index contributed by atoms with van der Waals surface area (Å²) in [6.45, 7) is 3.14. The summed E-state index contributed by atoms with van der Waals surface area (Å²) in [6, 6.07) is 11.4. The second-order valence-corrected chi connectivity index (χ2v) is 8.82. The summed E-state index contributed by atoms with van der Waals surface area (Å²) in [7, 11) is -3.37. The number of carbonyl (C=O) groups excluding carboxylic acids is 3. The number of aryl methyl sites for hydroxylation is 1. The Labute approximate surface area is 163 Å². The maximum absolute atomic E-state index is 12.8. The molecule has 1 aliphatic rings. The molecule has 0 saturated carbocycles. The second kappa shape index (κ2) is 7.20. The van der Waals surface area contributed by atoms with Crippen molar-refractivity contribution in [1.29, 1.82) is 0 Å². The first-order valence-corrected chi connectivity index (χ1v) is 10.5. The Bertz CT molecular complexity index is 1040. The molecule has 1 atom stereocenters. The van der Waals surface area contributed by atoms with Gasteiger partial charge in [0.1, 0.15) is 6.04 Å². The molecule has 3 rings (SSSR count). The first-order valence-electron chi connectivity index (χ1n) is 8.64. The highest BCUT2D eigenvalue weighted by Gasteiger charge is 2.44. The quantitative estimate of drug-likeness (QED) is 0.568. The zero-order chi connectivity index (χ0) is 20.6. The van der Waals surface area contributed by atoms with Crippen LogP contribution in [0.2, 0.25) is 0 Å². The van der Waals surface area contributed by atoms with E-state index < -0.39 is 40.1 Å². The number of imide groups is 1. The van der Waals surface area contributed by atoms with Crippen LogP contribution in [0.15, 0.2) is 53.4 Å². The van der Waals surface area contributed by atoms with Gasteiger partial charge in [-0.05, 0) is 38.1 Å². The topological polar surface area (TPSA) is 91.8 Å². The van der Waals surface area contributed by atoms with E-state index in [-0.39, 0.29) is 10.5 Å². The van der Waals surface area contributed by atoms with Gasteiger partial charge in [-0.25, -0.2) is 13.2 Å². The van der Waals surface area contributed by atoms with Gasteiger partial charge >= 0.3 is 6.03 Å². The fourth-order valence-corrected chi connectivity index (χ4v) is 3.66. The molecule has 0 aromatic heterocycles. The molecule has 0 aliphatic carbocycles. The SMILES string of the molecule is Cc1ccc(N2C(=O)N(CC(=O)c3ccc(S(C)(=O)=O)cc3)C(=O)[C@@H]2C)cc1. The Balaban J connectivity index is 1.80. The Morgan fingerprint density at radius 3 is 2.11 bits per heavy atom. The van der Waals surface area contributed by atoms with Crippen molar-refractivity contribution in [3.63, 3.8) is 0 Å². The number of benzene rings is 2. The minimum atomic E-state index is -3.37. The Morgan fingerprint density at radius 2 is 1.57 bits per heavy atom. The van der Waals surface area contributed by atoms with Crippen LogP contribution in [0, 0.1) is 6.92 Å². The third kappa shape index (κ3) is 3.68. The molecule has 1 fully saturated rings. The first-order chi connectivity index (χ1) is 13.1. The summed E-state index contributed by atoms with van der Waals surface area (Å²) in [6.07, 6.45) is 1.08. The van der Waals surface area contributed by atoms with Gasteiger partial charge < -0.3 is 0 Å². The molecule has 2 aromatic rings. The summed E-state index contributed by atoms with van der Waals surface area (Å²) in [4.78, 5) is 40.2. The molecule has 0 N–H and O–H groups in total. The molecule has 28 heavy (non-hydrogen) atoms. The fraction of sp³-hybridized carbons (Fsp3) is 0.250. The molecule has 3 amide bonds. The van der Waals surface area contributed by atoms with Crippen LogP contribution in [0.25, 0.3) is 0 Å². The van der Waals surface area contributed by atoms with Crippen molar-refractivity contribution in [2.24, 2.45) is 0 Å². The van der Waals surface area contributed by atoms with Crippen molar-refractivity contribution in [3.05, 3.63) is 59.7 Å². The van der Waals surface area contributed by atoms with E-state index in [0.717, 1.165) is 16.7 Å². The minimum absolute atomic E-state index is 0.0940. The number of rotatable bonds is 5. The Hall–Kier alpha value is -3.00. The van der Waals surface area contributed by atoms with E-state index in [9.17, 15) is 22.8 Å². The molecule has 1 aliphatic heterocycles. The number of hydrogen-bond acceptors (Lipinski definition) is 5. The predicted molar refractivity (Wildman–Crippen MR) is 104 cm³/mol. The number of hydrogen-bond donors (Lipinski definition) is 0. The number of amides is 3. The molecule has 1 saturated heterocycles. The molecule has 0 spiro atoms. The molecular weight excluding hydrogens is 380 g/mol. The highest BCUT2D eigenvalue weighted by molar-refractivity contribution is 7.90. The van der Waals surface area contributed by atoms with Gasteiger partial charge in [0.2, 0.25) is 0 Å². The average molecular weight is 400 g/mol. The zero-order valence-corrected chi connectivity index (χ0v) is 16.6. The third-order valence-electron chi connectivity index (χ3n) is 4.67. The van der Waals surface area contributed by atoms with Crippen molar-refractivity contribution in [3.8, 4) is 0 Å². The van der Waals surface area contributed by atoms with Gasteiger partial charge in [-0.3, -0.25) is 19.4 Å². The van der Waals surface area contributed by atoms with Crippen molar-refractivity contribution < 1.29 is 22.8 Å². The van der Waals surface area contributed by atoms with E-state index in [0.29, 0.717) is 5.69 Å². The van der Waals surface area contributed by atoms with Gasteiger partial charge in [0.25, 0.3) is 5.91 Å². The first kappa shape index (κ1) is 19.8. The van der Waals surface area contributed by atoms with E-state index in [1.807, 2.05) is 19.1 Å². The van der Waals surface area contributed by atoms with Crippen molar-refractivity contribution in [2.45, 2.75) is 24.8 Å². The number of carbonyl (C=O) groups is 3. The van der Waals surface area contributed by atoms with Crippen LogP contribution < -0.4 is 4.90 Å². The largest absolute Gasteiger partial charge is 0.332 e. The van der Waals surface area contributed by atoms with E-state index in [1.54, 1.807) is 19.1 Å². The monoisotopic (exact) mass is 400 g/mol. The van der Waals surface area contributed by atoms with Crippen LogP contribution in [0.4, 0.5) is 10.5 Å². The lowest BCUT2D eigenvalue weighted by Gasteiger charge is -2.19. The molecule has 1 heterocycles. The standard InChI is InChI=1S/C20H20N2O5S/c1-13-4-8-16(9-5-13)22-14(2)19(24)21(20(22)25)12-18(23)15-6-10-17(11-7-15)28(3,26)27/h4-11,14H,12H2,1-3H3/t14-/m0/s1. The lowest BCUT2D eigenvalue weighted by atomic mass is 10.1. The van der Waals surface area contributed by atoms with Gasteiger partial charge in [0, 0.05) is 17.5 Å². The number of anilines is 1. The van der Waals surface area contributed by atoms with E-state index in [1.165, 1.54) is 29.2 Å². The van der Waals surface area contributed by atoms with E-state index in [4.69, 9.17) is 0 Å². The summed E-state index contributed by atoms with van der Waals surface area (Å²) in [5.74, 6) is -0.897. The third-order valence-corrected chi connectivity index (χ3v) is 5.79. The Kier molecular flexibility index (Phi) is 5.08. The maximum atomic E-state index is 12.8. The lowest BCUT2D eigenvalue weighted by Crippen LogP contribution is -2.37. The molecular formula is C20H20N2O5S. The highest BCUT2D eigenvalue weighted by atomic mass is 32.2. The van der Waals surface area contributed by atoms with Crippen LogP contribution >= 0.6 is 0 Å². The van der Waals surface area contributed by atoms with Gasteiger partial charge in [-0.2, -0.15) is 0 Å². The summed E-state index contributed by atoms with van der Waals surface area (Å²) < 4.78 is 23.0. The number of urea groups is 1. The fourth-order valence-electron chi connectivity index (χ4n) is 3.03. The number of Topliss-reactive ketones (excluding diaryl/α,β-unsaturated/α-hetero) is 1. The molecule has 0 radical (unpaired) electrons.